The first kappa shape index (κ1) is 18.4. The zero-order valence-corrected chi connectivity index (χ0v) is 15.5. The van der Waals surface area contributed by atoms with Gasteiger partial charge in [0.05, 0.1) is 17.1 Å². The number of esters is 1. The Morgan fingerprint density at radius 1 is 1.26 bits per heavy atom. The molecule has 0 bridgehead atoms. The Balaban J connectivity index is 1.75. The molecule has 8 nitrogen and oxygen atoms in total. The lowest BCUT2D eigenvalue weighted by Gasteiger charge is -2.14. The first-order valence-electron chi connectivity index (χ1n) is 8.42. The van der Waals surface area contributed by atoms with E-state index < -0.39 is 23.5 Å². The molecule has 0 radical (unpaired) electrons. The van der Waals surface area contributed by atoms with E-state index in [1.165, 1.54) is 13.0 Å². The van der Waals surface area contributed by atoms with Crippen LogP contribution in [0.15, 0.2) is 35.1 Å². The number of aromatic amines is 1. The summed E-state index contributed by atoms with van der Waals surface area (Å²) >= 11 is 0. The van der Waals surface area contributed by atoms with Crippen molar-refractivity contribution >= 4 is 28.3 Å². The van der Waals surface area contributed by atoms with Gasteiger partial charge in [-0.3, -0.25) is 14.3 Å². The van der Waals surface area contributed by atoms with Crippen molar-refractivity contribution in [3.63, 3.8) is 0 Å². The Morgan fingerprint density at radius 3 is 2.63 bits per heavy atom. The van der Waals surface area contributed by atoms with Crippen LogP contribution in [0.1, 0.15) is 28.8 Å². The van der Waals surface area contributed by atoms with Gasteiger partial charge in [-0.15, -0.1) is 0 Å². The molecule has 1 aromatic carbocycles. The maximum atomic E-state index is 12.4. The number of fused-ring (bicyclic) bond motifs is 1. The first-order chi connectivity index (χ1) is 12.8. The van der Waals surface area contributed by atoms with E-state index >= 15 is 0 Å². The second-order valence-electron chi connectivity index (χ2n) is 6.31. The molecule has 2 aromatic heterocycles. The lowest BCUT2D eigenvalue weighted by atomic mass is 10.1. The molecule has 0 aliphatic rings. The minimum absolute atomic E-state index is 0.00733. The van der Waals surface area contributed by atoms with Gasteiger partial charge in [0.25, 0.3) is 11.5 Å². The number of rotatable bonds is 4. The summed E-state index contributed by atoms with van der Waals surface area (Å²) < 4.78 is 6.87. The highest BCUT2D eigenvalue weighted by Crippen LogP contribution is 2.19. The maximum absolute atomic E-state index is 12.4. The van der Waals surface area contributed by atoms with E-state index in [0.717, 1.165) is 5.69 Å². The monoisotopic (exact) mass is 368 g/mol. The Bertz CT molecular complexity index is 1100. The van der Waals surface area contributed by atoms with Gasteiger partial charge in [-0.1, -0.05) is 18.2 Å². The normalized spacial score (nSPS) is 12.0. The highest BCUT2D eigenvalue weighted by molar-refractivity contribution is 5.98. The molecule has 0 unspecified atom stereocenters. The largest absolute Gasteiger partial charge is 0.448 e. The molecule has 2 N–H and O–H groups in total. The number of anilines is 1. The number of H-pyrrole nitrogens is 1. The first-order valence-corrected chi connectivity index (χ1v) is 8.42. The van der Waals surface area contributed by atoms with Crippen molar-refractivity contribution < 1.29 is 14.3 Å². The molecule has 0 aliphatic carbocycles. The van der Waals surface area contributed by atoms with Gasteiger partial charge in [0.2, 0.25) is 0 Å². The van der Waals surface area contributed by atoms with Crippen LogP contribution in [-0.2, 0) is 16.6 Å². The van der Waals surface area contributed by atoms with Crippen molar-refractivity contribution in [2.45, 2.75) is 26.9 Å². The van der Waals surface area contributed by atoms with Crippen LogP contribution in [0.2, 0.25) is 0 Å². The molecule has 2 heterocycles. The highest BCUT2D eigenvalue weighted by atomic mass is 16.5. The number of hydrogen-bond acceptors (Lipinski definition) is 5. The van der Waals surface area contributed by atoms with Crippen molar-refractivity contribution in [2.75, 3.05) is 5.32 Å². The van der Waals surface area contributed by atoms with Gasteiger partial charge in [-0.25, -0.2) is 4.79 Å². The second-order valence-corrected chi connectivity index (χ2v) is 6.31. The van der Waals surface area contributed by atoms with Crippen molar-refractivity contribution in [3.8, 4) is 0 Å². The molecular weight excluding hydrogens is 348 g/mol. The van der Waals surface area contributed by atoms with Gasteiger partial charge in [0.15, 0.2) is 6.10 Å². The lowest BCUT2D eigenvalue weighted by molar-refractivity contribution is -0.123. The number of aromatic nitrogens is 3. The van der Waals surface area contributed by atoms with Crippen molar-refractivity contribution in [3.05, 3.63) is 57.8 Å². The number of pyridine rings is 1. The van der Waals surface area contributed by atoms with Crippen molar-refractivity contribution in [2.24, 2.45) is 7.05 Å². The molecule has 1 atom stereocenters. The molecular formula is C19H20N4O4. The van der Waals surface area contributed by atoms with E-state index in [-0.39, 0.29) is 5.69 Å². The third-order valence-corrected chi connectivity index (χ3v) is 4.38. The number of amides is 1. The van der Waals surface area contributed by atoms with Crippen molar-refractivity contribution in [1.82, 2.24) is 14.8 Å². The molecule has 3 rings (SSSR count). The fourth-order valence-corrected chi connectivity index (χ4v) is 2.78. The number of benzene rings is 1. The summed E-state index contributed by atoms with van der Waals surface area (Å²) in [5.41, 5.74) is 1.65. The van der Waals surface area contributed by atoms with E-state index in [1.54, 1.807) is 42.9 Å². The van der Waals surface area contributed by atoms with Crippen LogP contribution in [0.3, 0.4) is 0 Å². The van der Waals surface area contributed by atoms with E-state index in [2.05, 4.69) is 15.4 Å². The average Bonchev–Trinajstić information content (AvgIpc) is 2.87. The number of hydrogen-bond donors (Lipinski definition) is 2. The van der Waals surface area contributed by atoms with Crippen LogP contribution in [0.25, 0.3) is 10.8 Å². The maximum Gasteiger partial charge on any atom is 0.355 e. The fourth-order valence-electron chi connectivity index (χ4n) is 2.78. The summed E-state index contributed by atoms with van der Waals surface area (Å²) in [6.07, 6.45) is -1.05. The summed E-state index contributed by atoms with van der Waals surface area (Å²) in [6, 6.07) is 8.43. The molecule has 0 spiro atoms. The SMILES string of the molecule is Cc1nn(C)c(C)c1NC(=O)[C@@H](C)OC(=O)c1cc2ccccc2c(=O)[nH]1. The van der Waals surface area contributed by atoms with Gasteiger partial charge in [-0.05, 0) is 38.3 Å². The minimum atomic E-state index is -1.05. The van der Waals surface area contributed by atoms with Gasteiger partial charge < -0.3 is 15.0 Å². The smallest absolute Gasteiger partial charge is 0.355 e. The van der Waals surface area contributed by atoms with E-state index in [0.29, 0.717) is 22.2 Å². The Hall–Kier alpha value is -3.42. The van der Waals surface area contributed by atoms with Gasteiger partial charge in [0.1, 0.15) is 5.69 Å². The number of nitrogens with zero attached hydrogens (tertiary/aromatic N) is 2. The van der Waals surface area contributed by atoms with Gasteiger partial charge in [-0.2, -0.15) is 5.10 Å². The Morgan fingerprint density at radius 2 is 1.96 bits per heavy atom. The standard InChI is InChI=1S/C19H20N4O4/c1-10-16(11(2)23(4)22-10)21-17(24)12(3)27-19(26)15-9-13-7-5-6-8-14(13)18(25)20-15/h5-9,12H,1-4H3,(H,20,25)(H,21,24)/t12-/m1/s1. The molecule has 0 saturated heterocycles. The van der Waals surface area contributed by atoms with Crippen molar-refractivity contribution in [1.29, 1.82) is 0 Å². The third-order valence-electron chi connectivity index (χ3n) is 4.38. The van der Waals surface area contributed by atoms with Crippen LogP contribution in [-0.4, -0.2) is 32.7 Å². The van der Waals surface area contributed by atoms with Gasteiger partial charge >= 0.3 is 5.97 Å². The number of aryl methyl sites for hydroxylation is 2. The third kappa shape index (κ3) is 3.59. The van der Waals surface area contributed by atoms with E-state index in [1.807, 2.05) is 6.92 Å². The second kappa shape index (κ2) is 7.06. The van der Waals surface area contributed by atoms with E-state index in [4.69, 9.17) is 4.74 Å². The van der Waals surface area contributed by atoms with Crippen LogP contribution < -0.4 is 10.9 Å². The summed E-state index contributed by atoms with van der Waals surface area (Å²) in [5, 5.41) is 8.04. The zero-order valence-electron chi connectivity index (χ0n) is 15.5. The lowest BCUT2D eigenvalue weighted by Crippen LogP contribution is -2.31. The van der Waals surface area contributed by atoms with Crippen LogP contribution in [0.4, 0.5) is 5.69 Å². The van der Waals surface area contributed by atoms with Gasteiger partial charge in [0, 0.05) is 12.4 Å². The quantitative estimate of drug-likeness (QED) is 0.686. The summed E-state index contributed by atoms with van der Waals surface area (Å²) in [5.74, 6) is -1.26. The summed E-state index contributed by atoms with van der Waals surface area (Å²) in [6.45, 7) is 5.07. The fraction of sp³-hybridized carbons (Fsp3) is 0.263. The molecule has 3 aromatic rings. The molecule has 27 heavy (non-hydrogen) atoms. The zero-order chi connectivity index (χ0) is 19.7. The molecule has 0 fully saturated rings. The molecule has 0 saturated carbocycles. The van der Waals surface area contributed by atoms with Crippen LogP contribution in [0.5, 0.6) is 0 Å². The highest BCUT2D eigenvalue weighted by Gasteiger charge is 2.22. The van der Waals surface area contributed by atoms with E-state index in [9.17, 15) is 14.4 Å². The topological polar surface area (TPSA) is 106 Å². The Kier molecular flexibility index (Phi) is 4.81. The van der Waals surface area contributed by atoms with Crippen LogP contribution in [0, 0.1) is 13.8 Å². The minimum Gasteiger partial charge on any atom is -0.448 e. The average molecular weight is 368 g/mol. The number of carbonyl (C=O) groups excluding carboxylic acids is 2. The molecule has 0 aliphatic heterocycles. The predicted octanol–water partition coefficient (Wildman–Crippen LogP) is 2.06. The summed E-state index contributed by atoms with van der Waals surface area (Å²) in [7, 11) is 1.78. The summed E-state index contributed by atoms with van der Waals surface area (Å²) in [4.78, 5) is 39.3. The molecule has 1 amide bonds. The number of nitrogens with one attached hydrogen (secondary N) is 2. The Labute approximate surface area is 155 Å². The molecule has 140 valence electrons. The number of ether oxygens (including phenoxy) is 1. The molecule has 8 heteroatoms. The number of carbonyl (C=O) groups is 2. The predicted molar refractivity (Wildman–Crippen MR) is 101 cm³/mol. The van der Waals surface area contributed by atoms with Crippen LogP contribution >= 0.6 is 0 Å².